The highest BCUT2D eigenvalue weighted by atomic mass is 16.5. The Morgan fingerprint density at radius 2 is 1.82 bits per heavy atom. The number of benzene rings is 1. The van der Waals surface area contributed by atoms with Crippen LogP contribution >= 0.6 is 0 Å². The van der Waals surface area contributed by atoms with Crippen LogP contribution in [0.1, 0.15) is 37.3 Å². The quantitative estimate of drug-likeness (QED) is 0.655. The van der Waals surface area contributed by atoms with E-state index in [2.05, 4.69) is 40.0 Å². The topological polar surface area (TPSA) is 46.6 Å². The second kappa shape index (κ2) is 10.1. The van der Waals surface area contributed by atoms with Crippen molar-refractivity contribution in [3.63, 3.8) is 0 Å². The number of aromatic nitrogens is 1. The Bertz CT molecular complexity index is 785. The first kappa shape index (κ1) is 20.2. The number of rotatable bonds is 9. The Kier molecular flexibility index (Phi) is 7.31. The van der Waals surface area contributed by atoms with E-state index in [1.165, 1.54) is 24.8 Å². The molecule has 28 heavy (non-hydrogen) atoms. The average molecular weight is 382 g/mol. The first-order valence-electron chi connectivity index (χ1n) is 10.0. The number of anilines is 1. The van der Waals surface area contributed by atoms with E-state index in [0.29, 0.717) is 6.61 Å². The van der Waals surface area contributed by atoms with Crippen LogP contribution in [0.3, 0.4) is 0 Å². The van der Waals surface area contributed by atoms with Crippen molar-refractivity contribution in [1.29, 1.82) is 0 Å². The van der Waals surface area contributed by atoms with Gasteiger partial charge in [0, 0.05) is 32.4 Å². The van der Waals surface area contributed by atoms with Crippen molar-refractivity contribution in [3.8, 4) is 11.5 Å². The molecule has 150 valence electrons. The van der Waals surface area contributed by atoms with Gasteiger partial charge in [-0.3, -0.25) is 0 Å². The molecule has 0 amide bonds. The second-order valence-corrected chi connectivity index (χ2v) is 7.40. The van der Waals surface area contributed by atoms with Crippen molar-refractivity contribution in [2.45, 2.75) is 39.3 Å². The van der Waals surface area contributed by atoms with Crippen LogP contribution in [0.15, 0.2) is 48.7 Å². The average Bonchev–Trinajstić information content (AvgIpc) is 2.73. The normalized spacial score (nSPS) is 14.0. The molecular weight excluding hydrogens is 350 g/mol. The largest absolute Gasteiger partial charge is 0.493 e. The number of pyridine rings is 1. The van der Waals surface area contributed by atoms with Gasteiger partial charge in [-0.25, -0.2) is 4.98 Å². The summed E-state index contributed by atoms with van der Waals surface area (Å²) in [6.07, 6.45) is 5.77. The highest BCUT2D eigenvalue weighted by Crippen LogP contribution is 2.28. The van der Waals surface area contributed by atoms with Gasteiger partial charge in [0.1, 0.15) is 12.4 Å². The molecule has 1 aromatic heterocycles. The maximum atomic E-state index is 5.81. The molecule has 1 fully saturated rings. The summed E-state index contributed by atoms with van der Waals surface area (Å²) in [5, 5.41) is 3.52. The third-order valence-corrected chi connectivity index (χ3v) is 4.85. The molecule has 1 N–H and O–H groups in total. The van der Waals surface area contributed by atoms with Crippen molar-refractivity contribution in [2.75, 3.05) is 31.7 Å². The third-order valence-electron chi connectivity index (χ3n) is 4.85. The van der Waals surface area contributed by atoms with Crippen LogP contribution in [0.25, 0.3) is 0 Å². The minimum atomic E-state index is 0.490. The van der Waals surface area contributed by atoms with Crippen LogP contribution < -0.4 is 19.7 Å². The molecule has 2 heterocycles. The zero-order valence-corrected chi connectivity index (χ0v) is 17.0. The van der Waals surface area contributed by atoms with Crippen LogP contribution in [0.5, 0.6) is 11.5 Å². The van der Waals surface area contributed by atoms with E-state index < -0.39 is 0 Å². The van der Waals surface area contributed by atoms with Gasteiger partial charge in [-0.2, -0.15) is 0 Å². The molecule has 3 rings (SSSR count). The fraction of sp³-hybridized carbons (Fsp3) is 0.435. The van der Waals surface area contributed by atoms with Gasteiger partial charge < -0.3 is 19.7 Å². The molecule has 5 nitrogen and oxygen atoms in total. The summed E-state index contributed by atoms with van der Waals surface area (Å²) in [5.41, 5.74) is 3.39. The smallest absolute Gasteiger partial charge is 0.161 e. The molecule has 0 spiro atoms. The lowest BCUT2D eigenvalue weighted by molar-refractivity contribution is 0.319. The van der Waals surface area contributed by atoms with E-state index in [1.54, 1.807) is 7.11 Å². The summed E-state index contributed by atoms with van der Waals surface area (Å²) in [7, 11) is 1.66. The van der Waals surface area contributed by atoms with Crippen molar-refractivity contribution in [1.82, 2.24) is 10.3 Å². The lowest BCUT2D eigenvalue weighted by Crippen LogP contribution is -2.30. The van der Waals surface area contributed by atoms with Gasteiger partial charge in [0.05, 0.1) is 7.11 Å². The molecule has 1 aliphatic heterocycles. The first-order valence-corrected chi connectivity index (χ1v) is 10.0. The first-order chi connectivity index (χ1) is 13.7. The molecule has 1 aromatic carbocycles. The van der Waals surface area contributed by atoms with Crippen molar-refractivity contribution in [3.05, 3.63) is 59.8 Å². The number of nitrogens with zero attached hydrogens (tertiary/aromatic N) is 2. The molecule has 0 radical (unpaired) electrons. The number of piperidine rings is 1. The van der Waals surface area contributed by atoms with Crippen LogP contribution in [-0.2, 0) is 13.1 Å². The molecule has 5 heteroatoms. The predicted octanol–water partition coefficient (Wildman–Crippen LogP) is 4.33. The number of hydrogen-bond acceptors (Lipinski definition) is 5. The van der Waals surface area contributed by atoms with Crippen LogP contribution in [-0.4, -0.2) is 31.8 Å². The van der Waals surface area contributed by atoms with Crippen molar-refractivity contribution >= 4 is 5.82 Å². The zero-order valence-electron chi connectivity index (χ0n) is 17.0. The summed E-state index contributed by atoms with van der Waals surface area (Å²) < 4.78 is 11.2. The van der Waals surface area contributed by atoms with E-state index in [1.807, 2.05) is 25.3 Å². The SMILES string of the molecule is C=C(C)COc1cc(CNCc2ccnc(N3CCCCC3)c2)ccc1OC. The molecule has 0 bridgehead atoms. The van der Waals surface area contributed by atoms with E-state index in [0.717, 1.165) is 54.6 Å². The van der Waals surface area contributed by atoms with Gasteiger partial charge >= 0.3 is 0 Å². The maximum absolute atomic E-state index is 5.81. The van der Waals surface area contributed by atoms with E-state index in [-0.39, 0.29) is 0 Å². The maximum Gasteiger partial charge on any atom is 0.161 e. The number of nitrogens with one attached hydrogen (secondary N) is 1. The predicted molar refractivity (Wildman–Crippen MR) is 114 cm³/mol. The monoisotopic (exact) mass is 381 g/mol. The number of methoxy groups -OCH3 is 1. The zero-order chi connectivity index (χ0) is 19.8. The molecule has 2 aromatic rings. The van der Waals surface area contributed by atoms with Gasteiger partial charge in [0.25, 0.3) is 0 Å². The number of ether oxygens (including phenoxy) is 2. The van der Waals surface area contributed by atoms with Gasteiger partial charge in [0.2, 0.25) is 0 Å². The van der Waals surface area contributed by atoms with Gasteiger partial charge in [-0.1, -0.05) is 12.6 Å². The van der Waals surface area contributed by atoms with Gasteiger partial charge in [0.15, 0.2) is 11.5 Å². The Morgan fingerprint density at radius 1 is 1.07 bits per heavy atom. The van der Waals surface area contributed by atoms with Crippen molar-refractivity contribution < 1.29 is 9.47 Å². The van der Waals surface area contributed by atoms with E-state index >= 15 is 0 Å². The van der Waals surface area contributed by atoms with Crippen LogP contribution in [0.2, 0.25) is 0 Å². The van der Waals surface area contributed by atoms with E-state index in [9.17, 15) is 0 Å². The highest BCUT2D eigenvalue weighted by Gasteiger charge is 2.12. The Morgan fingerprint density at radius 3 is 2.54 bits per heavy atom. The molecule has 0 unspecified atom stereocenters. The fourth-order valence-corrected chi connectivity index (χ4v) is 3.36. The minimum absolute atomic E-state index is 0.490. The second-order valence-electron chi connectivity index (χ2n) is 7.40. The summed E-state index contributed by atoms with van der Waals surface area (Å²) in [6, 6.07) is 10.3. The Balaban J connectivity index is 1.57. The van der Waals surface area contributed by atoms with Crippen molar-refractivity contribution in [2.24, 2.45) is 0 Å². The molecular formula is C23H31N3O2. The van der Waals surface area contributed by atoms with Gasteiger partial charge in [-0.15, -0.1) is 0 Å². The summed E-state index contributed by atoms with van der Waals surface area (Å²) in [6.45, 7) is 10.1. The van der Waals surface area contributed by atoms with Crippen LogP contribution in [0.4, 0.5) is 5.82 Å². The van der Waals surface area contributed by atoms with Gasteiger partial charge in [-0.05, 0) is 67.2 Å². The number of hydrogen-bond donors (Lipinski definition) is 1. The standard InChI is InChI=1S/C23H31N3O2/c1-18(2)17-28-22-13-19(7-8-21(22)27-3)15-24-16-20-9-10-25-23(14-20)26-11-5-4-6-12-26/h7-10,13-14,24H,1,4-6,11-12,15-17H2,2-3H3. The summed E-state index contributed by atoms with van der Waals surface area (Å²) in [4.78, 5) is 6.95. The molecule has 0 atom stereocenters. The fourth-order valence-electron chi connectivity index (χ4n) is 3.36. The summed E-state index contributed by atoms with van der Waals surface area (Å²) >= 11 is 0. The van der Waals surface area contributed by atoms with E-state index in [4.69, 9.17) is 9.47 Å². The molecule has 0 saturated carbocycles. The highest BCUT2D eigenvalue weighted by molar-refractivity contribution is 5.43. The molecule has 1 saturated heterocycles. The third kappa shape index (κ3) is 5.73. The Labute approximate surface area is 168 Å². The van der Waals surface area contributed by atoms with Crippen LogP contribution in [0, 0.1) is 0 Å². The lowest BCUT2D eigenvalue weighted by Gasteiger charge is -2.27. The molecule has 1 aliphatic rings. The summed E-state index contributed by atoms with van der Waals surface area (Å²) in [5.74, 6) is 2.59. The Hall–Kier alpha value is -2.53. The molecule has 0 aliphatic carbocycles. The minimum Gasteiger partial charge on any atom is -0.493 e. The lowest BCUT2D eigenvalue weighted by atomic mass is 10.1.